The van der Waals surface area contributed by atoms with Crippen LogP contribution in [0, 0.1) is 5.82 Å². The number of carboxylic acid groups (broad SMARTS) is 1. The molecule has 1 saturated heterocycles. The number of halogens is 4. The Labute approximate surface area is 170 Å². The van der Waals surface area contributed by atoms with Gasteiger partial charge in [-0.2, -0.15) is 13.2 Å². The summed E-state index contributed by atoms with van der Waals surface area (Å²) in [7, 11) is 1.46. The van der Waals surface area contributed by atoms with Crippen LogP contribution in [0.25, 0.3) is 0 Å². The van der Waals surface area contributed by atoms with E-state index in [1.165, 1.54) is 19.2 Å². The van der Waals surface area contributed by atoms with Crippen LogP contribution in [0.3, 0.4) is 0 Å². The Balaban J connectivity index is 0.000000553. The highest BCUT2D eigenvalue weighted by Gasteiger charge is 2.38. The average Bonchev–Trinajstić information content (AvgIpc) is 2.67. The molecule has 1 aliphatic heterocycles. The molecule has 0 bridgehead atoms. The largest absolute Gasteiger partial charge is 0.496 e. The monoisotopic (exact) mass is 440 g/mol. The number of hydrogen-bond acceptors (Lipinski definition) is 6. The second-order valence-electron chi connectivity index (χ2n) is 6.87. The Morgan fingerprint density at radius 3 is 2.37 bits per heavy atom. The molecule has 0 radical (unpaired) electrons. The minimum Gasteiger partial charge on any atom is -0.496 e. The van der Waals surface area contributed by atoms with Crippen molar-refractivity contribution in [2.24, 2.45) is 0 Å². The zero-order valence-corrected chi connectivity index (χ0v) is 16.5. The first kappa shape index (κ1) is 25.6. The molecule has 4 N–H and O–H groups in total. The number of hydrogen-bond donors (Lipinski definition) is 4. The predicted molar refractivity (Wildman–Crippen MR) is 96.4 cm³/mol. The maximum atomic E-state index is 13.3. The standard InChI is InChI=1S/C16H23FN2O4.C2HF3O2/c1-16(2,12-5-4-10(17)6-13(12)22-3)19-15(21)14-7-18-11(8-20)9-23-14;3-2(4,5)1(6)7/h4-6,11,14,18,20H,7-9H2,1-3H3,(H,19,21);(H,6,7). The number of carbonyl (C=O) groups is 2. The lowest BCUT2D eigenvalue weighted by Crippen LogP contribution is -2.56. The van der Waals surface area contributed by atoms with E-state index in [9.17, 15) is 22.4 Å². The number of ether oxygens (including phenoxy) is 2. The van der Waals surface area contributed by atoms with Gasteiger partial charge in [-0.3, -0.25) is 4.79 Å². The van der Waals surface area contributed by atoms with Crippen molar-refractivity contribution in [3.05, 3.63) is 29.6 Å². The molecule has 1 amide bonds. The van der Waals surface area contributed by atoms with E-state index < -0.39 is 29.6 Å². The Kier molecular flexibility index (Phi) is 9.00. The average molecular weight is 440 g/mol. The van der Waals surface area contributed by atoms with Gasteiger partial charge in [-0.15, -0.1) is 0 Å². The number of nitrogens with one attached hydrogen (secondary N) is 2. The molecule has 12 heteroatoms. The highest BCUT2D eigenvalue weighted by Crippen LogP contribution is 2.30. The predicted octanol–water partition coefficient (Wildman–Crippen LogP) is 1.17. The number of aliphatic carboxylic acids is 1. The topological polar surface area (TPSA) is 117 Å². The number of methoxy groups -OCH3 is 1. The number of carbonyl (C=O) groups excluding carboxylic acids is 1. The summed E-state index contributed by atoms with van der Waals surface area (Å²) in [6, 6.07) is 4.06. The number of amides is 1. The first-order chi connectivity index (χ1) is 13.8. The van der Waals surface area contributed by atoms with Crippen LogP contribution in [0.1, 0.15) is 19.4 Å². The second-order valence-corrected chi connectivity index (χ2v) is 6.87. The van der Waals surface area contributed by atoms with E-state index >= 15 is 0 Å². The molecule has 1 fully saturated rings. The molecule has 8 nitrogen and oxygen atoms in total. The highest BCUT2D eigenvalue weighted by molar-refractivity contribution is 5.82. The minimum atomic E-state index is -5.08. The lowest BCUT2D eigenvalue weighted by molar-refractivity contribution is -0.192. The summed E-state index contributed by atoms with van der Waals surface area (Å²) in [5.74, 6) is -3.06. The van der Waals surface area contributed by atoms with Gasteiger partial charge in [0.1, 0.15) is 17.7 Å². The molecule has 0 saturated carbocycles. The molecule has 0 aromatic heterocycles. The first-order valence-electron chi connectivity index (χ1n) is 8.73. The lowest BCUT2D eigenvalue weighted by atomic mass is 9.92. The fraction of sp³-hybridized carbons (Fsp3) is 0.556. The Morgan fingerprint density at radius 1 is 1.33 bits per heavy atom. The molecule has 0 spiro atoms. The van der Waals surface area contributed by atoms with Crippen molar-refractivity contribution in [3.8, 4) is 5.75 Å². The zero-order valence-electron chi connectivity index (χ0n) is 16.5. The molecule has 1 heterocycles. The van der Waals surface area contributed by atoms with Gasteiger partial charge in [0, 0.05) is 18.2 Å². The van der Waals surface area contributed by atoms with Gasteiger partial charge in [0.15, 0.2) is 0 Å². The van der Waals surface area contributed by atoms with Crippen molar-refractivity contribution >= 4 is 11.9 Å². The van der Waals surface area contributed by atoms with Crippen LogP contribution in [-0.4, -0.2) is 67.3 Å². The molecule has 30 heavy (non-hydrogen) atoms. The normalized spacial score (nSPS) is 19.3. The van der Waals surface area contributed by atoms with Crippen LogP contribution in [0.5, 0.6) is 5.75 Å². The molecular weight excluding hydrogens is 416 g/mol. The number of rotatable bonds is 5. The van der Waals surface area contributed by atoms with Gasteiger partial charge in [-0.1, -0.05) is 6.07 Å². The summed E-state index contributed by atoms with van der Waals surface area (Å²) in [4.78, 5) is 21.3. The van der Waals surface area contributed by atoms with Crippen LogP contribution < -0.4 is 15.4 Å². The summed E-state index contributed by atoms with van der Waals surface area (Å²) < 4.78 is 55.7. The molecule has 2 rings (SSSR count). The smallest absolute Gasteiger partial charge is 0.490 e. The van der Waals surface area contributed by atoms with E-state index in [1.54, 1.807) is 6.07 Å². The first-order valence-corrected chi connectivity index (χ1v) is 8.73. The molecule has 2 unspecified atom stereocenters. The summed E-state index contributed by atoms with van der Waals surface area (Å²) in [5, 5.41) is 22.1. The molecular formula is C18H24F4N2O6. The third-order valence-electron chi connectivity index (χ3n) is 4.12. The van der Waals surface area contributed by atoms with Crippen LogP contribution in [-0.2, 0) is 19.9 Å². The fourth-order valence-corrected chi connectivity index (χ4v) is 2.55. The summed E-state index contributed by atoms with van der Waals surface area (Å²) in [6.45, 7) is 4.19. The summed E-state index contributed by atoms with van der Waals surface area (Å²) >= 11 is 0. The van der Waals surface area contributed by atoms with Crippen molar-refractivity contribution in [3.63, 3.8) is 0 Å². The van der Waals surface area contributed by atoms with E-state index in [4.69, 9.17) is 24.5 Å². The van der Waals surface area contributed by atoms with Gasteiger partial charge in [0.25, 0.3) is 5.91 Å². The van der Waals surface area contributed by atoms with Crippen LogP contribution in [0.2, 0.25) is 0 Å². The molecule has 1 aromatic rings. The van der Waals surface area contributed by atoms with Gasteiger partial charge >= 0.3 is 12.1 Å². The van der Waals surface area contributed by atoms with Gasteiger partial charge in [0.05, 0.1) is 31.9 Å². The summed E-state index contributed by atoms with van der Waals surface area (Å²) in [5.41, 5.74) is -0.0837. The van der Waals surface area contributed by atoms with E-state index in [0.29, 0.717) is 17.9 Å². The Bertz CT molecular complexity index is 734. The molecule has 0 aliphatic carbocycles. The van der Waals surface area contributed by atoms with Gasteiger partial charge in [-0.25, -0.2) is 9.18 Å². The number of carboxylic acids is 1. The van der Waals surface area contributed by atoms with Gasteiger partial charge in [0.2, 0.25) is 0 Å². The number of aliphatic hydroxyl groups excluding tert-OH is 1. The van der Waals surface area contributed by atoms with Gasteiger partial charge < -0.3 is 30.3 Å². The lowest BCUT2D eigenvalue weighted by Gasteiger charge is -2.33. The van der Waals surface area contributed by atoms with Crippen molar-refractivity contribution in [2.75, 3.05) is 26.9 Å². The van der Waals surface area contributed by atoms with Crippen LogP contribution in [0.4, 0.5) is 17.6 Å². The Morgan fingerprint density at radius 2 is 1.93 bits per heavy atom. The van der Waals surface area contributed by atoms with E-state index in [2.05, 4.69) is 10.6 Å². The van der Waals surface area contributed by atoms with Crippen molar-refractivity contribution in [1.82, 2.24) is 10.6 Å². The van der Waals surface area contributed by atoms with E-state index in [0.717, 1.165) is 0 Å². The van der Waals surface area contributed by atoms with Crippen LogP contribution >= 0.6 is 0 Å². The second kappa shape index (κ2) is 10.5. The minimum absolute atomic E-state index is 0.0351. The third-order valence-corrected chi connectivity index (χ3v) is 4.12. The van der Waals surface area contributed by atoms with Crippen LogP contribution in [0.15, 0.2) is 18.2 Å². The van der Waals surface area contributed by atoms with Crippen molar-refractivity contribution in [1.29, 1.82) is 0 Å². The number of aliphatic hydroxyl groups is 1. The summed E-state index contributed by atoms with van der Waals surface area (Å²) in [6.07, 6.45) is -5.72. The third kappa shape index (κ3) is 7.43. The van der Waals surface area contributed by atoms with E-state index in [1.807, 2.05) is 13.8 Å². The highest BCUT2D eigenvalue weighted by atomic mass is 19.4. The fourth-order valence-electron chi connectivity index (χ4n) is 2.55. The Hall–Kier alpha value is -2.44. The maximum absolute atomic E-state index is 13.3. The zero-order chi connectivity index (χ0) is 23.1. The maximum Gasteiger partial charge on any atom is 0.490 e. The molecule has 1 aliphatic rings. The van der Waals surface area contributed by atoms with Crippen molar-refractivity contribution < 1.29 is 46.8 Å². The molecule has 170 valence electrons. The SMILES string of the molecule is COc1cc(F)ccc1C(C)(C)NC(=O)C1CNC(CO)CO1.O=C(O)C(F)(F)F. The van der Waals surface area contributed by atoms with Crippen molar-refractivity contribution in [2.45, 2.75) is 37.7 Å². The molecule has 2 atom stereocenters. The number of benzene rings is 1. The number of morpholine rings is 1. The van der Waals surface area contributed by atoms with Gasteiger partial charge in [-0.05, 0) is 19.9 Å². The molecule has 1 aromatic carbocycles. The number of alkyl halides is 3. The quantitative estimate of drug-likeness (QED) is 0.508. The van der Waals surface area contributed by atoms with E-state index in [-0.39, 0.29) is 25.2 Å².